The molecule has 0 bridgehead atoms. The van der Waals surface area contributed by atoms with Crippen molar-refractivity contribution in [2.24, 2.45) is 0 Å². The molecule has 0 aliphatic carbocycles. The zero-order valence-electron chi connectivity index (χ0n) is 4.93. The van der Waals surface area contributed by atoms with E-state index in [1.165, 1.54) is 31.4 Å². The minimum Gasteiger partial charge on any atom is -0.0938 e. The first kappa shape index (κ1) is 6.81. The first-order valence-electron chi connectivity index (χ1n) is 3.10. The monoisotopic (exact) mass is 147 g/mol. The Bertz CT molecular complexity index is 30.5. The molecule has 0 aromatic heterocycles. The zero-order valence-corrected chi connectivity index (χ0v) is 6.56. The van der Waals surface area contributed by atoms with Gasteiger partial charge in [-0.2, -0.15) is 0 Å². The van der Waals surface area contributed by atoms with E-state index in [0.717, 1.165) is 0 Å². The molecule has 1 saturated heterocycles. The lowest BCUT2D eigenvalue weighted by Crippen LogP contribution is -1.83. The highest BCUT2D eigenvalue weighted by atomic mass is 33.1. The Labute approximate surface area is 59.2 Å². The van der Waals surface area contributed by atoms with Crippen LogP contribution >= 0.6 is 21.6 Å². The van der Waals surface area contributed by atoms with Crippen molar-refractivity contribution in [1.29, 1.82) is 0 Å². The second kappa shape index (κ2) is 4.57. The maximum absolute atomic E-state index is 2.32. The van der Waals surface area contributed by atoms with Crippen LogP contribution in [-0.4, -0.2) is 5.75 Å². The zero-order chi connectivity index (χ0) is 5.66. The summed E-state index contributed by atoms with van der Waals surface area (Å²) in [6.45, 7) is 0. The van der Waals surface area contributed by atoms with Gasteiger partial charge in [-0.05, 0) is 12.8 Å². The molecule has 0 N–H and O–H groups in total. The number of hydrogen-bond donors (Lipinski definition) is 0. The topological polar surface area (TPSA) is 0 Å². The van der Waals surface area contributed by atoms with E-state index in [-0.39, 0.29) is 0 Å². The van der Waals surface area contributed by atoms with Gasteiger partial charge in [-0.1, -0.05) is 34.4 Å². The summed E-state index contributed by atoms with van der Waals surface area (Å²) in [4.78, 5) is 0. The van der Waals surface area contributed by atoms with Crippen LogP contribution in [0, 0.1) is 5.75 Å². The van der Waals surface area contributed by atoms with Crippen molar-refractivity contribution in [3.8, 4) is 0 Å². The summed E-state index contributed by atoms with van der Waals surface area (Å²) < 4.78 is 0. The Hall–Kier alpha value is 0.700. The molecule has 0 saturated carbocycles. The molecule has 1 fully saturated rings. The molecule has 0 spiro atoms. The molecule has 1 heterocycles. The maximum atomic E-state index is 2.32. The molecule has 8 heavy (non-hydrogen) atoms. The van der Waals surface area contributed by atoms with E-state index in [2.05, 4.69) is 5.75 Å². The summed E-state index contributed by atoms with van der Waals surface area (Å²) in [7, 11) is 3.91. The van der Waals surface area contributed by atoms with Gasteiger partial charge < -0.3 is 0 Å². The molecular weight excluding hydrogens is 136 g/mol. The van der Waals surface area contributed by atoms with Crippen molar-refractivity contribution in [2.45, 2.75) is 25.7 Å². The van der Waals surface area contributed by atoms with Crippen molar-refractivity contribution in [3.63, 3.8) is 0 Å². The van der Waals surface area contributed by atoms with E-state index in [4.69, 9.17) is 0 Å². The van der Waals surface area contributed by atoms with Crippen LogP contribution in [-0.2, 0) is 0 Å². The summed E-state index contributed by atoms with van der Waals surface area (Å²) in [5, 5.41) is 0. The van der Waals surface area contributed by atoms with Gasteiger partial charge in [0.05, 0.1) is 0 Å². The molecule has 0 amide bonds. The van der Waals surface area contributed by atoms with E-state index in [1.807, 2.05) is 21.6 Å². The van der Waals surface area contributed by atoms with Crippen molar-refractivity contribution >= 4 is 21.6 Å². The van der Waals surface area contributed by atoms with Crippen LogP contribution in [0.15, 0.2) is 0 Å². The van der Waals surface area contributed by atoms with Gasteiger partial charge in [0, 0.05) is 11.5 Å². The molecule has 0 nitrogen and oxygen atoms in total. The van der Waals surface area contributed by atoms with Crippen LogP contribution in [0.25, 0.3) is 0 Å². The van der Waals surface area contributed by atoms with E-state index < -0.39 is 0 Å². The molecule has 1 aliphatic rings. The molecule has 47 valence electrons. The fourth-order valence-corrected chi connectivity index (χ4v) is 2.71. The Balaban J connectivity index is 2.00. The molecule has 0 aromatic carbocycles. The van der Waals surface area contributed by atoms with Crippen LogP contribution in [0.5, 0.6) is 0 Å². The average Bonchev–Trinajstić information content (AvgIpc) is 1.62. The van der Waals surface area contributed by atoms with Crippen LogP contribution in [0.1, 0.15) is 25.7 Å². The largest absolute Gasteiger partial charge is 0.0938 e. The van der Waals surface area contributed by atoms with E-state index in [9.17, 15) is 0 Å². The highest BCUT2D eigenvalue weighted by Gasteiger charge is 1.96. The predicted octanol–water partition coefficient (Wildman–Crippen LogP) is 3.10. The SMILES string of the molecule is [CH]1CCCCCSS1. The third-order valence-corrected chi connectivity index (χ3v) is 3.47. The minimum atomic E-state index is 1.32. The summed E-state index contributed by atoms with van der Waals surface area (Å²) in [6, 6.07) is 0. The van der Waals surface area contributed by atoms with Crippen LogP contribution in [0.2, 0.25) is 0 Å². The Morgan fingerprint density at radius 2 is 2.12 bits per heavy atom. The van der Waals surface area contributed by atoms with Crippen molar-refractivity contribution < 1.29 is 0 Å². The van der Waals surface area contributed by atoms with Gasteiger partial charge in [-0.3, -0.25) is 0 Å². The van der Waals surface area contributed by atoms with Gasteiger partial charge in [0.15, 0.2) is 0 Å². The lowest BCUT2D eigenvalue weighted by molar-refractivity contribution is 0.728. The summed E-state index contributed by atoms with van der Waals surface area (Å²) in [5.41, 5.74) is 0. The number of hydrogen-bond acceptors (Lipinski definition) is 2. The predicted molar refractivity (Wildman–Crippen MR) is 42.8 cm³/mol. The highest BCUT2D eigenvalue weighted by Crippen LogP contribution is 2.30. The molecule has 1 rings (SSSR count). The maximum Gasteiger partial charge on any atom is 0.0278 e. The highest BCUT2D eigenvalue weighted by molar-refractivity contribution is 8.77. The molecule has 0 aromatic rings. The quantitative estimate of drug-likeness (QED) is 0.483. The molecular formula is C6H11S2. The van der Waals surface area contributed by atoms with Gasteiger partial charge in [0.1, 0.15) is 0 Å². The molecule has 0 atom stereocenters. The first-order chi connectivity index (χ1) is 4.00. The smallest absolute Gasteiger partial charge is 0.0278 e. The standard InChI is InChI=1S/C6H11S2/c1-2-4-6-8-7-5-3-1/h5H,1-4,6H2. The van der Waals surface area contributed by atoms with Crippen LogP contribution in [0.3, 0.4) is 0 Å². The average molecular weight is 147 g/mol. The van der Waals surface area contributed by atoms with Gasteiger partial charge in [-0.25, -0.2) is 0 Å². The van der Waals surface area contributed by atoms with E-state index >= 15 is 0 Å². The van der Waals surface area contributed by atoms with Gasteiger partial charge in [0.2, 0.25) is 0 Å². The normalized spacial score (nSPS) is 24.0. The lowest BCUT2D eigenvalue weighted by Gasteiger charge is -2.04. The van der Waals surface area contributed by atoms with E-state index in [1.54, 1.807) is 0 Å². The fourth-order valence-electron chi connectivity index (χ4n) is 0.710. The Morgan fingerprint density at radius 1 is 1.12 bits per heavy atom. The second-order valence-electron chi connectivity index (χ2n) is 1.93. The third-order valence-electron chi connectivity index (χ3n) is 1.19. The van der Waals surface area contributed by atoms with Gasteiger partial charge >= 0.3 is 0 Å². The van der Waals surface area contributed by atoms with Gasteiger partial charge in [-0.15, -0.1) is 0 Å². The Morgan fingerprint density at radius 3 is 3.12 bits per heavy atom. The minimum absolute atomic E-state index is 1.32. The Kier molecular flexibility index (Phi) is 3.89. The number of rotatable bonds is 0. The summed E-state index contributed by atoms with van der Waals surface area (Å²) in [5.74, 6) is 3.67. The molecule has 2 heteroatoms. The van der Waals surface area contributed by atoms with Crippen LogP contribution < -0.4 is 0 Å². The van der Waals surface area contributed by atoms with Crippen molar-refractivity contribution in [1.82, 2.24) is 0 Å². The molecule has 1 radical (unpaired) electrons. The lowest BCUT2D eigenvalue weighted by atomic mass is 10.2. The first-order valence-corrected chi connectivity index (χ1v) is 5.48. The molecule has 0 unspecified atom stereocenters. The van der Waals surface area contributed by atoms with Crippen molar-refractivity contribution in [2.75, 3.05) is 5.75 Å². The summed E-state index contributed by atoms with van der Waals surface area (Å²) in [6.07, 6.45) is 5.58. The van der Waals surface area contributed by atoms with Crippen molar-refractivity contribution in [3.05, 3.63) is 5.75 Å². The third kappa shape index (κ3) is 2.88. The summed E-state index contributed by atoms with van der Waals surface area (Å²) >= 11 is 0. The van der Waals surface area contributed by atoms with E-state index in [0.29, 0.717) is 0 Å². The van der Waals surface area contributed by atoms with Crippen LogP contribution in [0.4, 0.5) is 0 Å². The van der Waals surface area contributed by atoms with Gasteiger partial charge in [0.25, 0.3) is 0 Å². The second-order valence-corrected chi connectivity index (χ2v) is 4.39. The fraction of sp³-hybridized carbons (Fsp3) is 0.833. The molecule has 1 aliphatic heterocycles.